The van der Waals surface area contributed by atoms with Crippen LogP contribution < -0.4 is 0 Å². The highest BCUT2D eigenvalue weighted by molar-refractivity contribution is 6.69. The van der Waals surface area contributed by atoms with Gasteiger partial charge in [0.25, 0.3) is 0 Å². The molecule has 13 heteroatoms. The number of rotatable bonds is 14. The number of hydrogen-bond acceptors (Lipinski definition) is 12. The van der Waals surface area contributed by atoms with Crippen molar-refractivity contribution in [2.24, 2.45) is 23.2 Å². The molecule has 4 saturated heterocycles. The zero-order chi connectivity index (χ0) is 41.4. The Bertz CT molecular complexity index is 1740. The second-order valence-corrected chi connectivity index (χ2v) is 23.9. The molecule has 1 spiro atoms. The molecule has 322 valence electrons. The second kappa shape index (κ2) is 15.7. The van der Waals surface area contributed by atoms with E-state index in [1.165, 1.54) is 18.1 Å². The summed E-state index contributed by atoms with van der Waals surface area (Å²) < 4.78 is 73.1. The quantitative estimate of drug-likeness (QED) is 0.0844. The van der Waals surface area contributed by atoms with Crippen LogP contribution in [0.4, 0.5) is 0 Å². The van der Waals surface area contributed by atoms with Crippen LogP contribution in [0, 0.1) is 23.2 Å². The Morgan fingerprint density at radius 3 is 2.40 bits per heavy atom. The number of carbonyl (C=O) groups excluding carboxylic acids is 1. The topological polar surface area (TPSA) is 122 Å². The van der Waals surface area contributed by atoms with Gasteiger partial charge in [-0.3, -0.25) is 4.79 Å². The molecule has 14 atom stereocenters. The Morgan fingerprint density at radius 1 is 1.02 bits per heavy atom. The number of benzene rings is 1. The predicted molar refractivity (Wildman–Crippen MR) is 216 cm³/mol. The third-order valence-corrected chi connectivity index (χ3v) is 14.7. The lowest BCUT2D eigenvalue weighted by atomic mass is 9.68. The minimum atomic E-state index is -2.04. The van der Waals surface area contributed by atoms with Crippen molar-refractivity contribution in [3.63, 3.8) is 0 Å². The molecule has 1 saturated carbocycles. The number of esters is 1. The summed E-state index contributed by atoms with van der Waals surface area (Å²) in [7, 11) is 1.35. The summed E-state index contributed by atoms with van der Waals surface area (Å²) in [4.78, 5) is 13.3. The third kappa shape index (κ3) is 7.41. The summed E-state index contributed by atoms with van der Waals surface area (Å²) in [6, 6.07) is 10.0. The molecule has 4 heterocycles. The summed E-state index contributed by atoms with van der Waals surface area (Å²) in [5, 5.41) is 0. The lowest BCUT2D eigenvalue weighted by molar-refractivity contribution is -0.391. The van der Waals surface area contributed by atoms with Crippen molar-refractivity contribution in [2.75, 3.05) is 34.0 Å². The number of ether oxygens (including phenoxy) is 10. The van der Waals surface area contributed by atoms with Gasteiger partial charge in [-0.25, -0.2) is 0 Å². The fraction of sp³-hybridized carbons (Fsp3) is 0.756. The van der Waals surface area contributed by atoms with Crippen molar-refractivity contribution in [1.82, 2.24) is 0 Å². The minimum absolute atomic E-state index is 0.0587. The standard InChI is InChI=1S/C45H66O12Si/c1-26(2)30-17-19-42(5)21-32-31(18-20-44(32,25-48-8)57-58(9,10)11)27(3)36(51-28(4)46)37(35(30)42)53-40-38(50-22-29-15-13-12-14-16-29)39-45(34(52-40)23-47-7)55-41(54-39)43(6,56-45)33-24-49-33/h12-16,21,26-27,31,33-34,36-41H,17-20,22-25H2,1-11H3/t27-,31+,33+,34-,36-,37-,38-,39-,40-,41+,42-,43+,44+,45-/m1/s1. The zero-order valence-electron chi connectivity index (χ0n) is 36.4. The van der Waals surface area contributed by atoms with Gasteiger partial charge in [-0.1, -0.05) is 69.7 Å². The van der Waals surface area contributed by atoms with Crippen LogP contribution in [-0.2, 0) is 63.2 Å². The Kier molecular flexibility index (Phi) is 11.6. The van der Waals surface area contributed by atoms with Gasteiger partial charge in [0.1, 0.15) is 47.8 Å². The number of carbonyl (C=O) groups is 1. The normalized spacial score (nSPS) is 43.1. The number of hydrogen-bond donors (Lipinski definition) is 0. The fourth-order valence-electron chi connectivity index (χ4n) is 11.1. The van der Waals surface area contributed by atoms with Gasteiger partial charge in [0.2, 0.25) is 5.79 Å². The van der Waals surface area contributed by atoms with Crippen molar-refractivity contribution < 1.29 is 56.6 Å². The predicted octanol–water partition coefficient (Wildman–Crippen LogP) is 6.86. The lowest BCUT2D eigenvalue weighted by Gasteiger charge is -2.52. The van der Waals surface area contributed by atoms with Gasteiger partial charge in [0.05, 0.1) is 26.4 Å². The molecule has 8 rings (SSSR count). The van der Waals surface area contributed by atoms with Crippen LogP contribution in [0.2, 0.25) is 19.6 Å². The Hall–Kier alpha value is -2.01. The molecule has 7 aliphatic rings. The molecule has 12 nitrogen and oxygen atoms in total. The molecular formula is C45H66O12Si. The summed E-state index contributed by atoms with van der Waals surface area (Å²) in [5.41, 5.74) is 2.85. The van der Waals surface area contributed by atoms with Crippen molar-refractivity contribution in [3.8, 4) is 0 Å². The van der Waals surface area contributed by atoms with Crippen LogP contribution in [-0.4, -0.2) is 115 Å². The van der Waals surface area contributed by atoms with E-state index in [0.717, 1.165) is 36.8 Å². The number of allylic oxidation sites excluding steroid dienone is 2. The zero-order valence-corrected chi connectivity index (χ0v) is 37.4. The van der Waals surface area contributed by atoms with E-state index in [1.807, 2.05) is 37.3 Å². The monoisotopic (exact) mass is 826 g/mol. The largest absolute Gasteiger partial charge is 0.459 e. The molecule has 0 N–H and O–H groups in total. The molecule has 5 fully saturated rings. The molecule has 0 amide bonds. The van der Waals surface area contributed by atoms with Crippen LogP contribution in [0.5, 0.6) is 0 Å². The van der Waals surface area contributed by atoms with Crippen molar-refractivity contribution in [3.05, 3.63) is 58.7 Å². The molecule has 2 bridgehead atoms. The van der Waals surface area contributed by atoms with E-state index in [2.05, 4.69) is 53.4 Å². The molecule has 1 aromatic rings. The lowest BCUT2D eigenvalue weighted by Crippen LogP contribution is -2.70. The molecule has 3 aliphatic carbocycles. The van der Waals surface area contributed by atoms with E-state index in [-0.39, 0.29) is 43.0 Å². The van der Waals surface area contributed by atoms with Crippen LogP contribution in [0.1, 0.15) is 72.8 Å². The fourth-order valence-corrected chi connectivity index (χ4v) is 12.6. The SMILES string of the molecule is COC[C@H]1O[C@H](O[C@@H]2C3=C(C(C)C)CC[C@]3(C)C=C3[C@@H](CC[C@@]3(COC)O[Si](C)(C)C)[C@@H](C)[C@H]2OC(C)=O)[C@H](OCc2ccccc2)[C@H]2O[C@H]3O[C@]21O[C@@]3(C)[C@@H]1CO1. The second-order valence-electron chi connectivity index (χ2n) is 19.4. The molecule has 0 radical (unpaired) electrons. The van der Waals surface area contributed by atoms with Crippen LogP contribution in [0.25, 0.3) is 0 Å². The first-order valence-corrected chi connectivity index (χ1v) is 24.8. The van der Waals surface area contributed by atoms with E-state index in [1.54, 1.807) is 14.2 Å². The summed E-state index contributed by atoms with van der Waals surface area (Å²) in [6.45, 7) is 20.6. The van der Waals surface area contributed by atoms with Crippen LogP contribution >= 0.6 is 0 Å². The molecular weight excluding hydrogens is 761 g/mol. The Labute approximate surface area is 345 Å². The smallest absolute Gasteiger partial charge is 0.303 e. The molecule has 58 heavy (non-hydrogen) atoms. The van der Waals surface area contributed by atoms with Gasteiger partial charge in [-0.2, -0.15) is 0 Å². The number of methoxy groups -OCH3 is 2. The maximum atomic E-state index is 13.3. The highest BCUT2D eigenvalue weighted by Gasteiger charge is 2.77. The van der Waals surface area contributed by atoms with Gasteiger partial charge < -0.3 is 51.8 Å². The average molecular weight is 827 g/mol. The van der Waals surface area contributed by atoms with E-state index in [9.17, 15) is 4.79 Å². The molecule has 0 aromatic heterocycles. The minimum Gasteiger partial charge on any atom is -0.459 e. The van der Waals surface area contributed by atoms with Crippen LogP contribution in [0.3, 0.4) is 0 Å². The Balaban J connectivity index is 1.24. The molecule has 0 unspecified atom stereocenters. The van der Waals surface area contributed by atoms with Gasteiger partial charge >= 0.3 is 5.97 Å². The first-order valence-electron chi connectivity index (χ1n) is 21.4. The first-order chi connectivity index (χ1) is 27.5. The summed E-state index contributed by atoms with van der Waals surface area (Å²) >= 11 is 0. The number of epoxide rings is 1. The van der Waals surface area contributed by atoms with Gasteiger partial charge in [0.15, 0.2) is 20.9 Å². The maximum Gasteiger partial charge on any atom is 0.303 e. The van der Waals surface area contributed by atoms with Crippen molar-refractivity contribution in [1.29, 1.82) is 0 Å². The third-order valence-electron chi connectivity index (χ3n) is 13.7. The van der Waals surface area contributed by atoms with Crippen LogP contribution in [0.15, 0.2) is 53.1 Å². The molecule has 4 aliphatic heterocycles. The van der Waals surface area contributed by atoms with E-state index >= 15 is 0 Å². The average Bonchev–Trinajstić information content (AvgIpc) is 3.66. The molecule has 1 aromatic carbocycles. The first kappa shape index (κ1) is 42.7. The highest BCUT2D eigenvalue weighted by Crippen LogP contribution is 2.60. The van der Waals surface area contributed by atoms with E-state index in [4.69, 9.17) is 51.8 Å². The van der Waals surface area contributed by atoms with Crippen molar-refractivity contribution in [2.45, 2.75) is 160 Å². The van der Waals surface area contributed by atoms with E-state index in [0.29, 0.717) is 13.2 Å². The highest BCUT2D eigenvalue weighted by atomic mass is 28.4. The number of fused-ring (bicyclic) bond motifs is 3. The van der Waals surface area contributed by atoms with Crippen molar-refractivity contribution >= 4 is 14.3 Å². The van der Waals surface area contributed by atoms with Gasteiger partial charge in [-0.05, 0) is 80.8 Å². The summed E-state index contributed by atoms with van der Waals surface area (Å²) in [5.74, 6) is -1.56. The van der Waals surface area contributed by atoms with Gasteiger partial charge in [-0.15, -0.1) is 0 Å². The summed E-state index contributed by atoms with van der Waals surface area (Å²) in [6.07, 6.45) is 0.514. The Morgan fingerprint density at radius 2 is 1.76 bits per heavy atom. The van der Waals surface area contributed by atoms with Gasteiger partial charge in [0, 0.05) is 32.5 Å². The maximum absolute atomic E-state index is 13.3. The van der Waals surface area contributed by atoms with E-state index < -0.39 is 73.8 Å².